The Balaban J connectivity index is 1.65. The molecule has 0 saturated carbocycles. The van der Waals surface area contributed by atoms with Gasteiger partial charge in [-0.15, -0.1) is 0 Å². The maximum atomic E-state index is 11.6. The lowest BCUT2D eigenvalue weighted by molar-refractivity contribution is 0.238. The largest absolute Gasteiger partial charge is 0.370 e. The molecule has 0 unspecified atom stereocenters. The number of carbonyl (C=O) groups excluding carboxylic acids is 1. The Labute approximate surface area is 183 Å². The van der Waals surface area contributed by atoms with Crippen molar-refractivity contribution < 1.29 is 4.79 Å². The summed E-state index contributed by atoms with van der Waals surface area (Å²) in [6.07, 6.45) is 3.49. The normalized spacial score (nSPS) is 11.1. The molecule has 2 aromatic heterocycles. The first kappa shape index (κ1) is 21.4. The smallest absolute Gasteiger partial charge is 0.314 e. The Kier molecular flexibility index (Phi) is 7.33. The van der Waals surface area contributed by atoms with Gasteiger partial charge in [0.15, 0.2) is 5.65 Å². The van der Waals surface area contributed by atoms with Crippen molar-refractivity contribution in [3.63, 3.8) is 0 Å². The molecule has 0 aliphatic heterocycles. The molecule has 29 heavy (non-hydrogen) atoms. The van der Waals surface area contributed by atoms with Crippen LogP contribution < -0.4 is 16.0 Å². The molecule has 3 N–H and O–H groups in total. The van der Waals surface area contributed by atoms with Gasteiger partial charge in [-0.25, -0.2) is 9.78 Å². The summed E-state index contributed by atoms with van der Waals surface area (Å²) in [4.78, 5) is 16.3. The molecule has 2 heterocycles. The van der Waals surface area contributed by atoms with E-state index in [9.17, 15) is 4.79 Å². The number of hydrogen-bond acceptors (Lipinski definition) is 4. The second kappa shape index (κ2) is 9.93. The van der Waals surface area contributed by atoms with Gasteiger partial charge >= 0.3 is 6.03 Å². The van der Waals surface area contributed by atoms with Crippen molar-refractivity contribution in [3.05, 3.63) is 46.0 Å². The Morgan fingerprint density at radius 3 is 2.76 bits per heavy atom. The number of carbonyl (C=O) groups is 1. The van der Waals surface area contributed by atoms with Gasteiger partial charge in [0, 0.05) is 35.8 Å². The first-order chi connectivity index (χ1) is 14.0. The lowest BCUT2D eigenvalue weighted by Crippen LogP contribution is -2.39. The fourth-order valence-electron chi connectivity index (χ4n) is 2.85. The van der Waals surface area contributed by atoms with Gasteiger partial charge in [0.1, 0.15) is 5.82 Å². The molecule has 0 radical (unpaired) electrons. The standard InChI is InChI=1S/C20H24BrClN6O/c1-13(2)26-20(29)24-10-6-5-9-23-18-11-17(14-7-3-4-8-16(14)22)27-19-15(21)12-25-28(18)19/h3-4,7-8,11-13,23H,5-6,9-10H2,1-2H3,(H2,24,26,29). The molecule has 0 fully saturated rings. The van der Waals surface area contributed by atoms with Gasteiger partial charge < -0.3 is 16.0 Å². The molecule has 0 aliphatic rings. The molecular formula is C20H24BrClN6O. The minimum absolute atomic E-state index is 0.130. The van der Waals surface area contributed by atoms with Crippen LogP contribution in [-0.4, -0.2) is 39.8 Å². The number of anilines is 1. The summed E-state index contributed by atoms with van der Waals surface area (Å²) in [5.41, 5.74) is 2.36. The lowest BCUT2D eigenvalue weighted by Gasteiger charge is -2.12. The minimum atomic E-state index is -0.130. The Morgan fingerprint density at radius 2 is 2.00 bits per heavy atom. The van der Waals surface area contributed by atoms with Crippen LogP contribution in [0.4, 0.5) is 10.6 Å². The van der Waals surface area contributed by atoms with E-state index in [0.29, 0.717) is 11.6 Å². The number of aromatic nitrogens is 3. The number of halogens is 2. The molecule has 0 spiro atoms. The molecule has 3 aromatic rings. The summed E-state index contributed by atoms with van der Waals surface area (Å²) >= 11 is 9.87. The van der Waals surface area contributed by atoms with Gasteiger partial charge in [-0.3, -0.25) is 0 Å². The van der Waals surface area contributed by atoms with Crippen molar-refractivity contribution in [3.8, 4) is 11.3 Å². The van der Waals surface area contributed by atoms with Crippen molar-refractivity contribution in [2.75, 3.05) is 18.4 Å². The zero-order valence-corrected chi connectivity index (χ0v) is 18.7. The van der Waals surface area contributed by atoms with E-state index < -0.39 is 0 Å². The summed E-state index contributed by atoms with van der Waals surface area (Å²) in [5.74, 6) is 0.834. The summed E-state index contributed by atoms with van der Waals surface area (Å²) in [6.45, 7) is 5.24. The van der Waals surface area contributed by atoms with Gasteiger partial charge in [-0.2, -0.15) is 9.61 Å². The maximum Gasteiger partial charge on any atom is 0.314 e. The Bertz CT molecular complexity index is 990. The molecule has 1 aromatic carbocycles. The Hall–Kier alpha value is -2.32. The first-order valence-corrected chi connectivity index (χ1v) is 10.7. The van der Waals surface area contributed by atoms with E-state index in [0.717, 1.165) is 46.6 Å². The predicted octanol–water partition coefficient (Wildman–Crippen LogP) is 4.71. The third-order valence-electron chi connectivity index (χ3n) is 4.19. The predicted molar refractivity (Wildman–Crippen MR) is 121 cm³/mol. The highest BCUT2D eigenvalue weighted by molar-refractivity contribution is 9.10. The van der Waals surface area contributed by atoms with E-state index in [1.165, 1.54) is 0 Å². The highest BCUT2D eigenvalue weighted by Gasteiger charge is 2.13. The molecule has 9 heteroatoms. The van der Waals surface area contributed by atoms with Crippen molar-refractivity contribution in [1.82, 2.24) is 25.2 Å². The van der Waals surface area contributed by atoms with Crippen LogP contribution in [0.25, 0.3) is 16.9 Å². The molecule has 0 saturated heterocycles. The number of nitrogens with zero attached hydrogens (tertiary/aromatic N) is 3. The fourth-order valence-corrected chi connectivity index (χ4v) is 3.43. The van der Waals surface area contributed by atoms with Crippen LogP contribution in [0.3, 0.4) is 0 Å². The number of urea groups is 1. The van der Waals surface area contributed by atoms with Crippen LogP contribution >= 0.6 is 27.5 Å². The van der Waals surface area contributed by atoms with Crippen LogP contribution in [0.1, 0.15) is 26.7 Å². The van der Waals surface area contributed by atoms with Gasteiger partial charge in [0.25, 0.3) is 0 Å². The molecule has 0 bridgehead atoms. The molecule has 3 rings (SSSR count). The van der Waals surface area contributed by atoms with Crippen LogP contribution in [-0.2, 0) is 0 Å². The number of rotatable bonds is 8. The van der Waals surface area contributed by atoms with Crippen molar-refractivity contribution in [2.24, 2.45) is 0 Å². The van der Waals surface area contributed by atoms with Crippen LogP contribution in [0.2, 0.25) is 5.02 Å². The summed E-state index contributed by atoms with van der Waals surface area (Å²) in [7, 11) is 0. The van der Waals surface area contributed by atoms with Crippen LogP contribution in [0.5, 0.6) is 0 Å². The third-order valence-corrected chi connectivity index (χ3v) is 5.08. The number of hydrogen-bond donors (Lipinski definition) is 3. The van der Waals surface area contributed by atoms with Gasteiger partial charge in [-0.05, 0) is 48.7 Å². The number of nitrogens with one attached hydrogen (secondary N) is 3. The van der Waals surface area contributed by atoms with Gasteiger partial charge in [-0.1, -0.05) is 29.8 Å². The average molecular weight is 480 g/mol. The number of fused-ring (bicyclic) bond motifs is 1. The van der Waals surface area contributed by atoms with E-state index >= 15 is 0 Å². The van der Waals surface area contributed by atoms with Crippen LogP contribution in [0.15, 0.2) is 41.0 Å². The number of unbranched alkanes of at least 4 members (excludes halogenated alkanes) is 1. The topological polar surface area (TPSA) is 83.4 Å². The van der Waals surface area contributed by atoms with Gasteiger partial charge in [0.2, 0.25) is 0 Å². The second-order valence-corrected chi connectivity index (χ2v) is 8.18. The molecule has 0 aliphatic carbocycles. The molecule has 154 valence electrons. The highest BCUT2D eigenvalue weighted by atomic mass is 79.9. The minimum Gasteiger partial charge on any atom is -0.370 e. The molecular weight excluding hydrogens is 456 g/mol. The highest BCUT2D eigenvalue weighted by Crippen LogP contribution is 2.30. The van der Waals surface area contributed by atoms with Crippen molar-refractivity contribution in [2.45, 2.75) is 32.7 Å². The van der Waals surface area contributed by atoms with Crippen molar-refractivity contribution in [1.29, 1.82) is 0 Å². The molecule has 7 nitrogen and oxygen atoms in total. The first-order valence-electron chi connectivity index (χ1n) is 9.53. The van der Waals surface area contributed by atoms with Crippen molar-refractivity contribution >= 4 is 45.0 Å². The average Bonchev–Trinajstić information content (AvgIpc) is 3.05. The van der Waals surface area contributed by atoms with E-state index in [4.69, 9.17) is 16.6 Å². The summed E-state index contributed by atoms with van der Waals surface area (Å²) in [6, 6.07) is 9.58. The summed E-state index contributed by atoms with van der Waals surface area (Å²) < 4.78 is 2.58. The van der Waals surface area contributed by atoms with E-state index in [2.05, 4.69) is 37.0 Å². The quantitative estimate of drug-likeness (QED) is 0.409. The zero-order chi connectivity index (χ0) is 20.8. The van der Waals surface area contributed by atoms with Gasteiger partial charge in [0.05, 0.1) is 16.4 Å². The maximum absolute atomic E-state index is 11.6. The monoisotopic (exact) mass is 478 g/mol. The third kappa shape index (κ3) is 5.61. The number of amides is 2. The molecule has 0 atom stereocenters. The van der Waals surface area contributed by atoms with E-state index in [1.54, 1.807) is 10.7 Å². The van der Waals surface area contributed by atoms with E-state index in [-0.39, 0.29) is 12.1 Å². The SMILES string of the molecule is CC(C)NC(=O)NCCCCNc1cc(-c2ccccc2Cl)nc2c(Br)cnn12. The fraction of sp³-hybridized carbons (Fsp3) is 0.350. The molecule has 2 amide bonds. The second-order valence-electron chi connectivity index (χ2n) is 6.92. The lowest BCUT2D eigenvalue weighted by atomic mass is 10.1. The summed E-state index contributed by atoms with van der Waals surface area (Å²) in [5, 5.41) is 14.1. The number of benzene rings is 1. The van der Waals surface area contributed by atoms with Crippen LogP contribution in [0, 0.1) is 0 Å². The van der Waals surface area contributed by atoms with E-state index in [1.807, 2.05) is 44.2 Å². The zero-order valence-electron chi connectivity index (χ0n) is 16.4. The Morgan fingerprint density at radius 1 is 1.24 bits per heavy atom.